The first-order valence-electron chi connectivity index (χ1n) is 9.30. The maximum Gasteiger partial charge on any atom is 0.261 e. The summed E-state index contributed by atoms with van der Waals surface area (Å²) in [7, 11) is -3.75. The Hall–Kier alpha value is -2.19. The van der Waals surface area contributed by atoms with E-state index in [4.69, 9.17) is 23.2 Å². The van der Waals surface area contributed by atoms with Gasteiger partial charge in [-0.2, -0.15) is 0 Å². The third kappa shape index (κ3) is 6.64. The van der Waals surface area contributed by atoms with Gasteiger partial charge in [0.1, 0.15) is 0 Å². The molecule has 3 rings (SSSR count). The Labute approximate surface area is 196 Å². The first kappa shape index (κ1) is 23.5. The Bertz CT molecular complexity index is 1170. The van der Waals surface area contributed by atoms with Gasteiger partial charge >= 0.3 is 0 Å². The summed E-state index contributed by atoms with van der Waals surface area (Å²) in [6.45, 7) is 2.33. The number of rotatable bonds is 8. The first-order valence-corrected chi connectivity index (χ1v) is 12.5. The summed E-state index contributed by atoms with van der Waals surface area (Å²) in [5.74, 6) is 0.356. The molecule has 2 N–H and O–H groups in total. The molecule has 0 bridgehead atoms. The lowest BCUT2D eigenvalue weighted by Crippen LogP contribution is -2.26. The minimum absolute atomic E-state index is 0.147. The number of nitrogens with one attached hydrogen (secondary N) is 2. The van der Waals surface area contributed by atoms with Gasteiger partial charge in [-0.1, -0.05) is 40.9 Å². The molecule has 0 fully saturated rings. The van der Waals surface area contributed by atoms with Gasteiger partial charge in [-0.3, -0.25) is 9.52 Å². The van der Waals surface area contributed by atoms with Crippen molar-refractivity contribution in [3.63, 3.8) is 0 Å². The van der Waals surface area contributed by atoms with E-state index in [9.17, 15) is 13.2 Å². The molecule has 0 unspecified atom stereocenters. The number of sulfonamides is 1. The molecule has 162 valence electrons. The molecule has 31 heavy (non-hydrogen) atoms. The van der Waals surface area contributed by atoms with Crippen LogP contribution in [0.15, 0.2) is 76.5 Å². The predicted molar refractivity (Wildman–Crippen MR) is 128 cm³/mol. The first-order chi connectivity index (χ1) is 14.7. The molecule has 3 aromatic carbocycles. The van der Waals surface area contributed by atoms with E-state index in [0.29, 0.717) is 17.3 Å². The van der Waals surface area contributed by atoms with Crippen LogP contribution in [0.5, 0.6) is 0 Å². The van der Waals surface area contributed by atoms with Crippen molar-refractivity contribution < 1.29 is 13.2 Å². The highest BCUT2D eigenvalue weighted by Gasteiger charge is 2.16. The number of hydrogen-bond donors (Lipinski definition) is 2. The van der Waals surface area contributed by atoms with Gasteiger partial charge in [0.25, 0.3) is 15.9 Å². The second-order valence-electron chi connectivity index (χ2n) is 6.67. The SMILES string of the molecule is Cc1ccc(S(=O)(=O)Nc2ccc(C(=O)NCCSc3ccc(Cl)cc3)c(Cl)c2)cc1. The second-order valence-corrected chi connectivity index (χ2v) is 10.4. The molecule has 3 aromatic rings. The maximum absolute atomic E-state index is 12.5. The summed E-state index contributed by atoms with van der Waals surface area (Å²) in [5.41, 5.74) is 1.51. The second kappa shape index (κ2) is 10.4. The summed E-state index contributed by atoms with van der Waals surface area (Å²) < 4.78 is 27.5. The van der Waals surface area contributed by atoms with Crippen molar-refractivity contribution in [3.05, 3.63) is 87.9 Å². The van der Waals surface area contributed by atoms with Crippen LogP contribution in [0.1, 0.15) is 15.9 Å². The van der Waals surface area contributed by atoms with E-state index >= 15 is 0 Å². The van der Waals surface area contributed by atoms with Crippen LogP contribution in [0.25, 0.3) is 0 Å². The summed E-state index contributed by atoms with van der Waals surface area (Å²) in [5, 5.41) is 3.65. The molecule has 1 amide bonds. The van der Waals surface area contributed by atoms with Gasteiger partial charge < -0.3 is 5.32 Å². The Morgan fingerprint density at radius 3 is 2.29 bits per heavy atom. The third-order valence-electron chi connectivity index (χ3n) is 4.27. The van der Waals surface area contributed by atoms with Gasteiger partial charge in [0.05, 0.1) is 21.2 Å². The maximum atomic E-state index is 12.5. The van der Waals surface area contributed by atoms with E-state index in [0.717, 1.165) is 10.5 Å². The molecule has 0 aliphatic carbocycles. The minimum Gasteiger partial charge on any atom is -0.351 e. The molecule has 0 atom stereocenters. The zero-order chi connectivity index (χ0) is 22.4. The average molecular weight is 495 g/mol. The Morgan fingerprint density at radius 1 is 0.968 bits per heavy atom. The lowest BCUT2D eigenvalue weighted by molar-refractivity contribution is 0.0956. The number of amides is 1. The molecule has 0 saturated heterocycles. The fourth-order valence-electron chi connectivity index (χ4n) is 2.65. The quantitative estimate of drug-likeness (QED) is 0.314. The van der Waals surface area contributed by atoms with Crippen LogP contribution < -0.4 is 10.0 Å². The zero-order valence-electron chi connectivity index (χ0n) is 16.6. The van der Waals surface area contributed by atoms with E-state index in [2.05, 4.69) is 10.0 Å². The number of hydrogen-bond acceptors (Lipinski definition) is 4. The van der Waals surface area contributed by atoms with Crippen LogP contribution in [0.3, 0.4) is 0 Å². The molecule has 0 heterocycles. The summed E-state index contributed by atoms with van der Waals surface area (Å²) >= 11 is 13.7. The predicted octanol–water partition coefficient (Wildman–Crippen LogP) is 5.62. The molecule has 5 nitrogen and oxygen atoms in total. The van der Waals surface area contributed by atoms with Gasteiger partial charge in [0.2, 0.25) is 0 Å². The van der Waals surface area contributed by atoms with E-state index in [1.807, 2.05) is 31.2 Å². The molecular formula is C22H20Cl2N2O3S2. The van der Waals surface area contributed by atoms with Gasteiger partial charge in [-0.25, -0.2) is 8.42 Å². The summed E-state index contributed by atoms with van der Waals surface area (Å²) in [6.07, 6.45) is 0. The molecule has 0 aromatic heterocycles. The number of anilines is 1. The highest BCUT2D eigenvalue weighted by molar-refractivity contribution is 7.99. The molecule has 0 spiro atoms. The number of halogens is 2. The van der Waals surface area contributed by atoms with Crippen molar-refractivity contribution in [2.24, 2.45) is 0 Å². The summed E-state index contributed by atoms with van der Waals surface area (Å²) in [6, 6.07) is 18.4. The topological polar surface area (TPSA) is 75.3 Å². The van der Waals surface area contributed by atoms with E-state index < -0.39 is 10.0 Å². The van der Waals surface area contributed by atoms with Crippen molar-refractivity contribution >= 4 is 56.6 Å². The Morgan fingerprint density at radius 2 is 1.65 bits per heavy atom. The number of benzene rings is 3. The van der Waals surface area contributed by atoms with Crippen LogP contribution in [-0.2, 0) is 10.0 Å². The Kier molecular flexibility index (Phi) is 7.89. The van der Waals surface area contributed by atoms with Crippen LogP contribution in [0, 0.1) is 6.92 Å². The molecule has 0 radical (unpaired) electrons. The van der Waals surface area contributed by atoms with Crippen molar-refractivity contribution in [3.8, 4) is 0 Å². The van der Waals surface area contributed by atoms with Gasteiger partial charge in [-0.15, -0.1) is 11.8 Å². The normalized spacial score (nSPS) is 11.2. The fourth-order valence-corrected chi connectivity index (χ4v) is 4.86. The monoisotopic (exact) mass is 494 g/mol. The minimum atomic E-state index is -3.75. The smallest absolute Gasteiger partial charge is 0.261 e. The van der Waals surface area contributed by atoms with Gasteiger partial charge in [-0.05, 0) is 61.5 Å². The van der Waals surface area contributed by atoms with E-state index in [-0.39, 0.29) is 27.1 Å². The number of aryl methyl sites for hydroxylation is 1. The lowest BCUT2D eigenvalue weighted by Gasteiger charge is -2.11. The van der Waals surface area contributed by atoms with Crippen LogP contribution >= 0.6 is 35.0 Å². The molecular weight excluding hydrogens is 475 g/mol. The van der Waals surface area contributed by atoms with Gasteiger partial charge in [0, 0.05) is 22.2 Å². The Balaban J connectivity index is 1.57. The van der Waals surface area contributed by atoms with Crippen molar-refractivity contribution in [2.45, 2.75) is 16.7 Å². The fraction of sp³-hybridized carbons (Fsp3) is 0.136. The van der Waals surface area contributed by atoms with Crippen LogP contribution in [-0.4, -0.2) is 26.6 Å². The molecule has 0 aliphatic rings. The van der Waals surface area contributed by atoms with Crippen molar-refractivity contribution in [1.82, 2.24) is 5.32 Å². The highest BCUT2D eigenvalue weighted by atomic mass is 35.5. The number of carbonyl (C=O) groups is 1. The van der Waals surface area contributed by atoms with Crippen molar-refractivity contribution in [2.75, 3.05) is 17.0 Å². The molecule has 9 heteroatoms. The van der Waals surface area contributed by atoms with Crippen molar-refractivity contribution in [1.29, 1.82) is 0 Å². The highest BCUT2D eigenvalue weighted by Crippen LogP contribution is 2.24. The zero-order valence-corrected chi connectivity index (χ0v) is 19.7. The van der Waals surface area contributed by atoms with Crippen LogP contribution in [0.2, 0.25) is 10.0 Å². The molecule has 0 saturated carbocycles. The molecule has 0 aliphatic heterocycles. The van der Waals surface area contributed by atoms with E-state index in [1.54, 1.807) is 23.9 Å². The standard InChI is InChI=1S/C22H20Cl2N2O3S2/c1-15-2-9-19(10-3-15)31(28,29)26-17-6-11-20(21(24)14-17)22(27)25-12-13-30-18-7-4-16(23)5-8-18/h2-11,14,26H,12-13H2,1H3,(H,25,27). The van der Waals surface area contributed by atoms with Crippen LogP contribution in [0.4, 0.5) is 5.69 Å². The number of thioether (sulfide) groups is 1. The van der Waals surface area contributed by atoms with E-state index in [1.165, 1.54) is 30.3 Å². The lowest BCUT2D eigenvalue weighted by atomic mass is 10.2. The summed E-state index contributed by atoms with van der Waals surface area (Å²) in [4.78, 5) is 13.6. The third-order valence-corrected chi connectivity index (χ3v) is 7.24. The largest absolute Gasteiger partial charge is 0.351 e. The average Bonchev–Trinajstić information content (AvgIpc) is 2.72. The number of carbonyl (C=O) groups excluding carboxylic acids is 1. The van der Waals surface area contributed by atoms with Gasteiger partial charge in [0.15, 0.2) is 0 Å².